The number of benzene rings is 3. The summed E-state index contributed by atoms with van der Waals surface area (Å²) in [6.07, 6.45) is 0. The van der Waals surface area contributed by atoms with Gasteiger partial charge in [-0.05, 0) is 45.3 Å². The smallest absolute Gasteiger partial charge is 0.344 e. The lowest BCUT2D eigenvalue weighted by Gasteiger charge is -2.09. The first-order valence-electron chi connectivity index (χ1n) is 8.45. The molecule has 0 aliphatic rings. The van der Waals surface area contributed by atoms with Gasteiger partial charge in [0.2, 0.25) is 0 Å². The molecular formula is C22H16BrClO4. The van der Waals surface area contributed by atoms with E-state index in [9.17, 15) is 9.59 Å². The van der Waals surface area contributed by atoms with Crippen molar-refractivity contribution >= 4 is 39.3 Å². The fourth-order valence-electron chi connectivity index (χ4n) is 2.48. The molecule has 0 aliphatic carbocycles. The molecule has 6 heteroatoms. The van der Waals surface area contributed by atoms with Gasteiger partial charge in [0.15, 0.2) is 19.0 Å². The lowest BCUT2D eigenvalue weighted by Crippen LogP contribution is -2.19. The van der Waals surface area contributed by atoms with E-state index in [1.807, 2.05) is 42.5 Å². The van der Waals surface area contributed by atoms with E-state index in [1.165, 1.54) is 0 Å². The van der Waals surface area contributed by atoms with Crippen LogP contribution in [0.2, 0.25) is 5.02 Å². The third kappa shape index (κ3) is 5.44. The van der Waals surface area contributed by atoms with Crippen molar-refractivity contribution in [2.45, 2.75) is 0 Å². The van der Waals surface area contributed by atoms with Crippen LogP contribution in [0.3, 0.4) is 0 Å². The molecule has 0 radical (unpaired) electrons. The number of carbonyl (C=O) groups is 2. The molecule has 3 aromatic rings. The highest BCUT2D eigenvalue weighted by atomic mass is 79.9. The van der Waals surface area contributed by atoms with Gasteiger partial charge in [-0.1, -0.05) is 66.2 Å². The van der Waals surface area contributed by atoms with Gasteiger partial charge in [-0.25, -0.2) is 4.79 Å². The minimum Gasteiger partial charge on any atom is -0.481 e. The Morgan fingerprint density at radius 3 is 2.21 bits per heavy atom. The molecule has 142 valence electrons. The van der Waals surface area contributed by atoms with Crippen molar-refractivity contribution in [1.82, 2.24) is 0 Å². The van der Waals surface area contributed by atoms with E-state index in [4.69, 9.17) is 21.1 Å². The van der Waals surface area contributed by atoms with E-state index in [2.05, 4.69) is 15.9 Å². The average molecular weight is 460 g/mol. The Balaban J connectivity index is 1.50. The molecule has 0 N–H and O–H groups in total. The van der Waals surface area contributed by atoms with Crippen LogP contribution < -0.4 is 4.74 Å². The van der Waals surface area contributed by atoms with Gasteiger partial charge in [0.05, 0.1) is 4.47 Å². The second-order valence-corrected chi connectivity index (χ2v) is 7.18. The van der Waals surface area contributed by atoms with Gasteiger partial charge in [-0.2, -0.15) is 0 Å². The summed E-state index contributed by atoms with van der Waals surface area (Å²) in [5, 5.41) is 0.547. The predicted molar refractivity (Wildman–Crippen MR) is 112 cm³/mol. The highest BCUT2D eigenvalue weighted by molar-refractivity contribution is 9.10. The lowest BCUT2D eigenvalue weighted by atomic mass is 10.0. The van der Waals surface area contributed by atoms with Crippen LogP contribution in [0, 0.1) is 0 Å². The van der Waals surface area contributed by atoms with Gasteiger partial charge < -0.3 is 9.47 Å². The molecule has 0 saturated heterocycles. The van der Waals surface area contributed by atoms with Gasteiger partial charge in [0.1, 0.15) is 5.75 Å². The molecule has 0 heterocycles. The fourth-order valence-corrected chi connectivity index (χ4v) is 3.28. The topological polar surface area (TPSA) is 52.6 Å². The van der Waals surface area contributed by atoms with Crippen molar-refractivity contribution in [3.63, 3.8) is 0 Å². The quantitative estimate of drug-likeness (QED) is 0.342. The van der Waals surface area contributed by atoms with Crippen molar-refractivity contribution in [3.8, 4) is 16.9 Å². The average Bonchev–Trinajstić information content (AvgIpc) is 2.72. The van der Waals surface area contributed by atoms with Crippen molar-refractivity contribution in [2.24, 2.45) is 0 Å². The van der Waals surface area contributed by atoms with E-state index in [1.54, 1.807) is 30.3 Å². The molecule has 4 nitrogen and oxygen atoms in total. The summed E-state index contributed by atoms with van der Waals surface area (Å²) in [4.78, 5) is 24.1. The third-order valence-electron chi connectivity index (χ3n) is 3.92. The molecule has 0 spiro atoms. The molecule has 0 bridgehead atoms. The van der Waals surface area contributed by atoms with Crippen LogP contribution in [0.5, 0.6) is 5.75 Å². The number of rotatable bonds is 7. The molecule has 0 unspecified atom stereocenters. The molecule has 0 fully saturated rings. The number of halogens is 2. The molecule has 0 saturated carbocycles. The van der Waals surface area contributed by atoms with Gasteiger partial charge in [-0.15, -0.1) is 0 Å². The van der Waals surface area contributed by atoms with Crippen LogP contribution in [0.1, 0.15) is 10.4 Å². The second-order valence-electron chi connectivity index (χ2n) is 5.89. The Bertz CT molecular complexity index is 972. The monoisotopic (exact) mass is 458 g/mol. The zero-order valence-corrected chi connectivity index (χ0v) is 17.1. The van der Waals surface area contributed by atoms with Crippen molar-refractivity contribution in [1.29, 1.82) is 0 Å². The Hall–Kier alpha value is -2.63. The number of esters is 1. The number of Topliss-reactive ketones (excluding diaryl/α,β-unsaturated/α-hetero) is 1. The van der Waals surface area contributed by atoms with Crippen molar-refractivity contribution < 1.29 is 19.1 Å². The largest absolute Gasteiger partial charge is 0.481 e. The van der Waals surface area contributed by atoms with Crippen molar-refractivity contribution in [3.05, 3.63) is 87.9 Å². The normalized spacial score (nSPS) is 10.4. The highest BCUT2D eigenvalue weighted by Gasteiger charge is 2.12. The summed E-state index contributed by atoms with van der Waals surface area (Å²) < 4.78 is 11.0. The van der Waals surface area contributed by atoms with E-state index < -0.39 is 5.97 Å². The van der Waals surface area contributed by atoms with Crippen LogP contribution in [0.4, 0.5) is 0 Å². The van der Waals surface area contributed by atoms with Crippen LogP contribution in [-0.4, -0.2) is 25.0 Å². The zero-order valence-electron chi connectivity index (χ0n) is 14.7. The molecule has 3 aromatic carbocycles. The van der Waals surface area contributed by atoms with Crippen LogP contribution in [-0.2, 0) is 9.53 Å². The number of carbonyl (C=O) groups excluding carboxylic acids is 2. The molecule has 0 aliphatic heterocycles. The first-order valence-corrected chi connectivity index (χ1v) is 9.62. The predicted octanol–water partition coefficient (Wildman–Crippen LogP) is 5.57. The van der Waals surface area contributed by atoms with Crippen LogP contribution >= 0.6 is 27.5 Å². The zero-order chi connectivity index (χ0) is 19.9. The maximum Gasteiger partial charge on any atom is 0.344 e. The van der Waals surface area contributed by atoms with Gasteiger partial charge >= 0.3 is 5.97 Å². The van der Waals surface area contributed by atoms with E-state index >= 15 is 0 Å². The van der Waals surface area contributed by atoms with Crippen molar-refractivity contribution in [2.75, 3.05) is 13.2 Å². The van der Waals surface area contributed by atoms with E-state index in [-0.39, 0.29) is 19.0 Å². The van der Waals surface area contributed by atoms with E-state index in [0.29, 0.717) is 20.8 Å². The first-order chi connectivity index (χ1) is 13.5. The Morgan fingerprint density at radius 2 is 1.54 bits per heavy atom. The number of ketones is 1. The molecular weight excluding hydrogens is 444 g/mol. The SMILES string of the molecule is O=C(COc1ccc(Cl)cc1Br)OCC(=O)c1ccc(-c2ccccc2)cc1. The summed E-state index contributed by atoms with van der Waals surface area (Å²) in [6.45, 7) is -0.644. The standard InChI is InChI=1S/C22H16BrClO4/c23-19-12-18(24)10-11-21(19)27-14-22(26)28-13-20(25)17-8-6-16(7-9-17)15-4-2-1-3-5-15/h1-12H,13-14H2. The van der Waals surface area contributed by atoms with E-state index in [0.717, 1.165) is 11.1 Å². The summed E-state index contributed by atoms with van der Waals surface area (Å²) in [6, 6.07) is 22.0. The van der Waals surface area contributed by atoms with Gasteiger partial charge in [0.25, 0.3) is 0 Å². The summed E-state index contributed by atoms with van der Waals surface area (Å²) in [5.41, 5.74) is 2.56. The van der Waals surface area contributed by atoms with Crippen LogP contribution in [0.25, 0.3) is 11.1 Å². The number of ether oxygens (including phenoxy) is 2. The highest BCUT2D eigenvalue weighted by Crippen LogP contribution is 2.27. The Morgan fingerprint density at radius 1 is 0.857 bits per heavy atom. The maximum atomic E-state index is 12.2. The minimum atomic E-state index is -0.629. The molecule has 3 rings (SSSR count). The second kappa shape index (κ2) is 9.53. The summed E-state index contributed by atoms with van der Waals surface area (Å²) in [7, 11) is 0. The molecule has 0 aromatic heterocycles. The first kappa shape index (κ1) is 20.1. The maximum absolute atomic E-state index is 12.2. The fraction of sp³-hybridized carbons (Fsp3) is 0.0909. The molecule has 0 amide bonds. The van der Waals surface area contributed by atoms with Gasteiger partial charge in [-0.3, -0.25) is 4.79 Å². The number of hydrogen-bond acceptors (Lipinski definition) is 4. The van der Waals surface area contributed by atoms with Gasteiger partial charge in [0, 0.05) is 10.6 Å². The van der Waals surface area contributed by atoms with Crippen LogP contribution in [0.15, 0.2) is 77.3 Å². The summed E-state index contributed by atoms with van der Waals surface area (Å²) >= 11 is 9.15. The molecule has 28 heavy (non-hydrogen) atoms. The summed E-state index contributed by atoms with van der Waals surface area (Å²) in [5.74, 6) is -0.444. The lowest BCUT2D eigenvalue weighted by molar-refractivity contribution is -0.144. The number of hydrogen-bond donors (Lipinski definition) is 0. The molecule has 0 atom stereocenters. The Kier molecular flexibility index (Phi) is 6.85. The minimum absolute atomic E-state index is 0.277. The Labute approximate surface area is 176 Å². The third-order valence-corrected chi connectivity index (χ3v) is 4.77.